The van der Waals surface area contributed by atoms with Gasteiger partial charge in [0.1, 0.15) is 17.8 Å². The molecule has 0 saturated heterocycles. The number of aromatic nitrogens is 2. The molecule has 194 valence electrons. The zero-order valence-corrected chi connectivity index (χ0v) is 21.4. The van der Waals surface area contributed by atoms with Crippen LogP contribution in [0.25, 0.3) is 16.6 Å². The van der Waals surface area contributed by atoms with Crippen molar-refractivity contribution in [2.75, 3.05) is 17.9 Å². The maximum atomic E-state index is 15.1. The Morgan fingerprint density at radius 3 is 2.54 bits per heavy atom. The molecule has 0 N–H and O–H groups in total. The summed E-state index contributed by atoms with van der Waals surface area (Å²) in [6.07, 6.45) is 0.356. The highest BCUT2D eigenvalue weighted by molar-refractivity contribution is 7.97. The predicted octanol–water partition coefficient (Wildman–Crippen LogP) is 5.06. The van der Waals surface area contributed by atoms with Crippen molar-refractivity contribution in [3.63, 3.8) is 0 Å². The first-order valence-corrected chi connectivity index (χ1v) is 14.0. The van der Waals surface area contributed by atoms with Crippen molar-refractivity contribution >= 4 is 35.5 Å². The van der Waals surface area contributed by atoms with E-state index in [1.807, 2.05) is 0 Å². The van der Waals surface area contributed by atoms with E-state index in [1.54, 1.807) is 6.66 Å². The minimum atomic E-state index is -4.00. The number of benzene rings is 2. The Bertz CT molecular complexity index is 1650. The summed E-state index contributed by atoms with van der Waals surface area (Å²) in [6.45, 7) is 1.68. The molecule has 0 radical (unpaired) electrons. The Labute approximate surface area is 211 Å². The van der Waals surface area contributed by atoms with Gasteiger partial charge in [0, 0.05) is 36.4 Å². The molecule has 2 aromatic heterocycles. The van der Waals surface area contributed by atoms with Crippen molar-refractivity contribution in [1.82, 2.24) is 9.72 Å². The number of fused-ring (bicyclic) bond motifs is 1. The van der Waals surface area contributed by atoms with Crippen molar-refractivity contribution in [3.05, 3.63) is 76.5 Å². The number of alkyl halides is 2. The summed E-state index contributed by atoms with van der Waals surface area (Å²) in [5.74, 6) is -3.94. The van der Waals surface area contributed by atoms with E-state index in [4.69, 9.17) is 9.26 Å². The highest BCUT2D eigenvalue weighted by Gasteiger charge is 2.47. The van der Waals surface area contributed by atoms with Gasteiger partial charge in [0.2, 0.25) is 5.92 Å². The third kappa shape index (κ3) is 4.38. The molecule has 1 unspecified atom stereocenters. The SMILES string of the molecule is COc1cc(C2CC(F)(F)C2)c(F)cc1-n1c(=O)ccc2cc(S(=O)(=O)N(PC)c3ccon3)ccc21. The molecule has 0 amide bonds. The van der Waals surface area contributed by atoms with Crippen LogP contribution in [0.1, 0.15) is 24.3 Å². The van der Waals surface area contributed by atoms with Crippen molar-refractivity contribution in [3.8, 4) is 11.4 Å². The fourth-order valence-corrected chi connectivity index (χ4v) is 7.19. The molecule has 0 spiro atoms. The van der Waals surface area contributed by atoms with Gasteiger partial charge in [0.05, 0.1) is 23.2 Å². The van der Waals surface area contributed by atoms with Crippen LogP contribution in [0.2, 0.25) is 0 Å². The van der Waals surface area contributed by atoms with Crippen LogP contribution >= 0.6 is 8.73 Å². The zero-order chi connectivity index (χ0) is 26.5. The van der Waals surface area contributed by atoms with E-state index in [9.17, 15) is 22.0 Å². The highest BCUT2D eigenvalue weighted by Crippen LogP contribution is 2.50. The van der Waals surface area contributed by atoms with Crippen LogP contribution < -0.4 is 14.4 Å². The Hall–Kier alpha value is -3.37. The lowest BCUT2D eigenvalue weighted by molar-refractivity contribution is -0.0873. The van der Waals surface area contributed by atoms with Gasteiger partial charge in [-0.3, -0.25) is 9.36 Å². The van der Waals surface area contributed by atoms with Crippen LogP contribution in [0, 0.1) is 5.82 Å². The maximum absolute atomic E-state index is 15.1. The van der Waals surface area contributed by atoms with Crippen molar-refractivity contribution in [1.29, 1.82) is 0 Å². The second kappa shape index (κ2) is 9.18. The van der Waals surface area contributed by atoms with E-state index in [2.05, 4.69) is 5.16 Å². The van der Waals surface area contributed by atoms with E-state index in [-0.39, 0.29) is 36.4 Å². The number of anilines is 1. The van der Waals surface area contributed by atoms with Gasteiger partial charge < -0.3 is 9.26 Å². The van der Waals surface area contributed by atoms with Crippen LogP contribution in [-0.2, 0) is 10.0 Å². The van der Waals surface area contributed by atoms with Crippen LogP contribution in [0.15, 0.2) is 69.0 Å². The van der Waals surface area contributed by atoms with Crippen molar-refractivity contribution in [2.45, 2.75) is 29.6 Å². The molecule has 2 heterocycles. The van der Waals surface area contributed by atoms with Gasteiger partial charge in [0.15, 0.2) is 5.82 Å². The largest absolute Gasteiger partial charge is 0.495 e. The normalized spacial score (nSPS) is 15.8. The third-order valence-electron chi connectivity index (χ3n) is 6.31. The molecular weight excluding hydrogens is 530 g/mol. The molecule has 1 saturated carbocycles. The summed E-state index contributed by atoms with van der Waals surface area (Å²) in [6, 6.07) is 10.7. The molecule has 1 aliphatic carbocycles. The molecule has 0 aliphatic heterocycles. The topological polar surface area (TPSA) is 94.6 Å². The number of hydrogen-bond donors (Lipinski definition) is 0. The second-order valence-electron chi connectivity index (χ2n) is 8.58. The number of sulfonamides is 1. The third-order valence-corrected chi connectivity index (χ3v) is 9.73. The van der Waals surface area contributed by atoms with Crippen molar-refractivity contribution in [2.24, 2.45) is 0 Å². The number of halogens is 3. The smallest absolute Gasteiger partial charge is 0.268 e. The molecule has 37 heavy (non-hydrogen) atoms. The lowest BCUT2D eigenvalue weighted by Gasteiger charge is -2.35. The van der Waals surface area contributed by atoms with E-state index in [1.165, 1.54) is 60.4 Å². The molecule has 0 bridgehead atoms. The molecule has 1 atom stereocenters. The average molecular weight is 551 g/mol. The fraction of sp³-hybridized carbons (Fsp3) is 0.250. The molecule has 1 fully saturated rings. The Morgan fingerprint density at radius 1 is 1.16 bits per heavy atom. The average Bonchev–Trinajstić information content (AvgIpc) is 3.36. The summed E-state index contributed by atoms with van der Waals surface area (Å²) in [7, 11) is -2.84. The summed E-state index contributed by atoms with van der Waals surface area (Å²) in [5.41, 5.74) is -0.0381. The number of nitrogens with zero attached hydrogens (tertiary/aromatic N) is 3. The lowest BCUT2D eigenvalue weighted by Crippen LogP contribution is -2.34. The first kappa shape index (κ1) is 25.3. The number of ether oxygens (including phenoxy) is 1. The van der Waals surface area contributed by atoms with E-state index >= 15 is 4.39 Å². The molecule has 2 aromatic carbocycles. The lowest BCUT2D eigenvalue weighted by atomic mass is 9.76. The van der Waals surface area contributed by atoms with Gasteiger partial charge in [-0.2, -0.15) is 0 Å². The molecule has 13 heteroatoms. The summed E-state index contributed by atoms with van der Waals surface area (Å²) < 4.78 is 80.9. The summed E-state index contributed by atoms with van der Waals surface area (Å²) in [5, 5.41) is 4.11. The standard InChI is InChI=1S/C24H21F3N3O5PS/c1-34-21-10-17(15-12-24(26,27)13-15)18(25)11-20(21)29-19-5-4-16(9-14(19)3-6-23(29)31)37(32,33)30(36-2)22-7-8-35-28-22/h3-11,15,36H,12-13H2,1-2H3. The van der Waals surface area contributed by atoms with E-state index < -0.39 is 46.1 Å². The Kier molecular flexibility index (Phi) is 6.27. The quantitative estimate of drug-likeness (QED) is 0.298. The van der Waals surface area contributed by atoms with Crippen LogP contribution in [0.4, 0.5) is 19.0 Å². The van der Waals surface area contributed by atoms with Gasteiger partial charge in [-0.1, -0.05) is 5.16 Å². The number of hydrogen-bond acceptors (Lipinski definition) is 6. The monoisotopic (exact) mass is 551 g/mol. The highest BCUT2D eigenvalue weighted by atomic mass is 32.2. The second-order valence-corrected chi connectivity index (χ2v) is 11.6. The van der Waals surface area contributed by atoms with E-state index in [0.29, 0.717) is 10.9 Å². The molecular formula is C24H21F3N3O5PS. The summed E-state index contributed by atoms with van der Waals surface area (Å²) >= 11 is 0. The molecule has 1 aliphatic rings. The maximum Gasteiger partial charge on any atom is 0.268 e. The number of methoxy groups -OCH3 is 1. The van der Waals surface area contributed by atoms with Crippen LogP contribution in [0.5, 0.6) is 5.75 Å². The minimum absolute atomic E-state index is 0.0399. The first-order chi connectivity index (χ1) is 17.6. The molecule has 8 nitrogen and oxygen atoms in total. The molecule has 5 rings (SSSR count). The van der Waals surface area contributed by atoms with Gasteiger partial charge in [-0.05, 0) is 57.2 Å². The molecule has 4 aromatic rings. The van der Waals surface area contributed by atoms with E-state index in [0.717, 1.165) is 10.1 Å². The number of rotatable bonds is 7. The first-order valence-electron chi connectivity index (χ1n) is 11.1. The van der Waals surface area contributed by atoms with Crippen LogP contribution in [0.3, 0.4) is 0 Å². The van der Waals surface area contributed by atoms with Gasteiger partial charge >= 0.3 is 0 Å². The zero-order valence-electron chi connectivity index (χ0n) is 19.6. The van der Waals surface area contributed by atoms with Gasteiger partial charge in [0.25, 0.3) is 15.6 Å². The van der Waals surface area contributed by atoms with Gasteiger partial charge in [-0.15, -0.1) is 0 Å². The number of pyridine rings is 1. The Balaban J connectivity index is 1.61. The Morgan fingerprint density at radius 2 is 1.92 bits per heavy atom. The predicted molar refractivity (Wildman–Crippen MR) is 133 cm³/mol. The van der Waals surface area contributed by atoms with Crippen molar-refractivity contribution < 1.29 is 30.8 Å². The van der Waals surface area contributed by atoms with Gasteiger partial charge in [-0.25, -0.2) is 25.7 Å². The minimum Gasteiger partial charge on any atom is -0.495 e. The van der Waals surface area contributed by atoms with Crippen LogP contribution in [-0.4, -0.2) is 37.8 Å². The fourth-order valence-electron chi connectivity index (χ4n) is 4.50. The summed E-state index contributed by atoms with van der Waals surface area (Å²) in [4.78, 5) is 12.9.